The van der Waals surface area contributed by atoms with E-state index in [1.54, 1.807) is 12.1 Å². The Morgan fingerprint density at radius 1 is 1.10 bits per heavy atom. The molecule has 0 amide bonds. The summed E-state index contributed by atoms with van der Waals surface area (Å²) in [6.45, 7) is 0.0594. The molecule has 104 valence electrons. The molecule has 0 unspecified atom stereocenters. The fourth-order valence-corrected chi connectivity index (χ4v) is 1.71. The van der Waals surface area contributed by atoms with Gasteiger partial charge in [0.25, 0.3) is 6.36 Å². The van der Waals surface area contributed by atoms with Gasteiger partial charge in [0.2, 0.25) is 5.78 Å². The molecule has 0 aromatic heterocycles. The monoisotopic (exact) mass is 274 g/mol. The average Bonchev–Trinajstić information content (AvgIpc) is 2.53. The Hall–Kier alpha value is -2.20. The summed E-state index contributed by atoms with van der Waals surface area (Å²) in [6, 6.07) is 15.4. The molecule has 2 aromatic carbocycles. The summed E-state index contributed by atoms with van der Waals surface area (Å²) in [4.78, 5) is 11.8. The second-order valence-electron chi connectivity index (χ2n) is 4.21. The molecule has 0 aliphatic heterocycles. The number of Topliss-reactive ketones (excluding diaryl/α,β-unsaturated/α-hetero) is 1. The van der Waals surface area contributed by atoms with Crippen molar-refractivity contribution >= 4 is 5.78 Å². The van der Waals surface area contributed by atoms with Crippen molar-refractivity contribution in [2.45, 2.75) is 13.0 Å². The Balaban J connectivity index is 1.94. The number of carbonyl (C=O) groups is 1. The third-order valence-electron chi connectivity index (χ3n) is 2.82. The first-order chi connectivity index (χ1) is 9.70. The van der Waals surface area contributed by atoms with Gasteiger partial charge in [-0.2, -0.15) is 0 Å². The number of ketones is 1. The molecule has 0 aliphatic carbocycles. The van der Waals surface area contributed by atoms with Crippen LogP contribution in [0.1, 0.15) is 15.9 Å². The number of rotatable bonds is 6. The van der Waals surface area contributed by atoms with E-state index < -0.39 is 12.1 Å². The molecule has 4 heteroatoms. The van der Waals surface area contributed by atoms with Crippen molar-refractivity contribution in [1.82, 2.24) is 0 Å². The molecule has 3 nitrogen and oxygen atoms in total. The van der Waals surface area contributed by atoms with Crippen molar-refractivity contribution < 1.29 is 18.7 Å². The van der Waals surface area contributed by atoms with Crippen LogP contribution in [0.25, 0.3) is 0 Å². The molecule has 0 heterocycles. The fraction of sp³-hybridized carbons (Fsp3) is 0.188. The van der Waals surface area contributed by atoms with Crippen LogP contribution >= 0.6 is 0 Å². The van der Waals surface area contributed by atoms with E-state index in [0.29, 0.717) is 5.75 Å². The second-order valence-corrected chi connectivity index (χ2v) is 4.21. The Kier molecular flexibility index (Phi) is 4.85. The largest absolute Gasteiger partial charge is 0.497 e. The first-order valence-electron chi connectivity index (χ1n) is 6.18. The zero-order valence-corrected chi connectivity index (χ0v) is 11.1. The van der Waals surface area contributed by atoms with Gasteiger partial charge in [0.1, 0.15) is 5.75 Å². The number of methoxy groups -OCH3 is 1. The molecule has 0 spiro atoms. The third kappa shape index (κ3) is 3.65. The van der Waals surface area contributed by atoms with Crippen LogP contribution in [0.4, 0.5) is 4.39 Å². The molecule has 1 atom stereocenters. The average molecular weight is 274 g/mol. The SMILES string of the molecule is COc1ccc(C(=O)[C@H](F)OCc2ccccc2)cc1. The van der Waals surface area contributed by atoms with Gasteiger partial charge in [-0.1, -0.05) is 30.3 Å². The molecule has 2 rings (SSSR count). The zero-order valence-electron chi connectivity index (χ0n) is 11.1. The fourth-order valence-electron chi connectivity index (χ4n) is 1.71. The summed E-state index contributed by atoms with van der Waals surface area (Å²) in [5, 5.41) is 0. The Labute approximate surface area is 117 Å². The molecule has 0 fully saturated rings. The maximum atomic E-state index is 13.7. The van der Waals surface area contributed by atoms with E-state index in [1.165, 1.54) is 19.2 Å². The van der Waals surface area contributed by atoms with Crippen LogP contribution in [0.3, 0.4) is 0 Å². The maximum absolute atomic E-state index is 13.7. The van der Waals surface area contributed by atoms with Gasteiger partial charge in [0.05, 0.1) is 13.7 Å². The quantitative estimate of drug-likeness (QED) is 0.757. The van der Waals surface area contributed by atoms with Gasteiger partial charge in [-0.3, -0.25) is 4.79 Å². The highest BCUT2D eigenvalue weighted by Gasteiger charge is 2.19. The molecule has 0 N–H and O–H groups in total. The van der Waals surface area contributed by atoms with Gasteiger partial charge in [0, 0.05) is 5.56 Å². The summed E-state index contributed by atoms with van der Waals surface area (Å²) in [6.07, 6.45) is -1.97. The topological polar surface area (TPSA) is 35.5 Å². The molecule has 0 aliphatic rings. The third-order valence-corrected chi connectivity index (χ3v) is 2.82. The van der Waals surface area contributed by atoms with Crippen LogP contribution in [0, 0.1) is 0 Å². The number of ether oxygens (including phenoxy) is 2. The van der Waals surface area contributed by atoms with Gasteiger partial charge in [-0.25, -0.2) is 4.39 Å². The zero-order chi connectivity index (χ0) is 14.4. The summed E-state index contributed by atoms with van der Waals surface area (Å²) < 4.78 is 23.7. The molecule has 0 radical (unpaired) electrons. The number of hydrogen-bond acceptors (Lipinski definition) is 3. The van der Waals surface area contributed by atoms with Crippen molar-refractivity contribution in [3.63, 3.8) is 0 Å². The number of benzene rings is 2. The lowest BCUT2D eigenvalue weighted by Gasteiger charge is -2.09. The summed E-state index contributed by atoms with van der Waals surface area (Å²) in [5.41, 5.74) is 1.07. The van der Waals surface area contributed by atoms with Crippen molar-refractivity contribution in [2.75, 3.05) is 7.11 Å². The van der Waals surface area contributed by atoms with Crippen molar-refractivity contribution in [3.05, 3.63) is 65.7 Å². The van der Waals surface area contributed by atoms with E-state index in [0.717, 1.165) is 5.56 Å². The van der Waals surface area contributed by atoms with Crippen LogP contribution < -0.4 is 4.74 Å². The summed E-state index contributed by atoms with van der Waals surface area (Å²) in [5.74, 6) is -0.0780. The Bertz CT molecular complexity index is 552. The molecule has 0 saturated heterocycles. The van der Waals surface area contributed by atoms with Crippen LogP contribution in [-0.4, -0.2) is 19.3 Å². The minimum absolute atomic E-state index is 0.0594. The van der Waals surface area contributed by atoms with Crippen LogP contribution in [0.5, 0.6) is 5.75 Å². The number of halogens is 1. The molecule has 0 bridgehead atoms. The van der Waals surface area contributed by atoms with Crippen LogP contribution in [0.2, 0.25) is 0 Å². The number of carbonyl (C=O) groups excluding carboxylic acids is 1. The molecule has 2 aromatic rings. The van der Waals surface area contributed by atoms with E-state index in [-0.39, 0.29) is 12.2 Å². The van der Waals surface area contributed by atoms with E-state index >= 15 is 0 Å². The van der Waals surface area contributed by atoms with Crippen molar-refractivity contribution in [3.8, 4) is 5.75 Å². The van der Waals surface area contributed by atoms with Gasteiger partial charge in [-0.05, 0) is 29.8 Å². The first kappa shape index (κ1) is 14.2. The predicted octanol–water partition coefficient (Wildman–Crippen LogP) is 3.39. The van der Waals surface area contributed by atoms with Crippen molar-refractivity contribution in [2.24, 2.45) is 0 Å². The lowest BCUT2D eigenvalue weighted by Crippen LogP contribution is -2.19. The molecular formula is C16H15FO3. The molecule has 20 heavy (non-hydrogen) atoms. The lowest BCUT2D eigenvalue weighted by molar-refractivity contribution is -0.0294. The normalized spacial score (nSPS) is 11.9. The first-order valence-corrected chi connectivity index (χ1v) is 6.18. The van der Waals surface area contributed by atoms with E-state index in [2.05, 4.69) is 0 Å². The van der Waals surface area contributed by atoms with Gasteiger partial charge < -0.3 is 9.47 Å². The van der Waals surface area contributed by atoms with E-state index in [1.807, 2.05) is 30.3 Å². The molecule has 0 saturated carbocycles. The number of alkyl halides is 1. The highest BCUT2D eigenvalue weighted by Crippen LogP contribution is 2.15. The summed E-state index contributed by atoms with van der Waals surface area (Å²) in [7, 11) is 1.53. The highest BCUT2D eigenvalue weighted by atomic mass is 19.1. The van der Waals surface area contributed by atoms with Crippen LogP contribution in [0.15, 0.2) is 54.6 Å². The lowest BCUT2D eigenvalue weighted by atomic mass is 10.1. The standard InChI is InChI=1S/C16H15FO3/c1-19-14-9-7-13(8-10-14)15(18)16(17)20-11-12-5-3-2-4-6-12/h2-10,16H,11H2,1H3/t16-/m1/s1. The smallest absolute Gasteiger partial charge is 0.263 e. The second kappa shape index (κ2) is 6.82. The molecular weight excluding hydrogens is 259 g/mol. The van der Waals surface area contributed by atoms with Gasteiger partial charge in [0.15, 0.2) is 0 Å². The van der Waals surface area contributed by atoms with Gasteiger partial charge >= 0.3 is 0 Å². The van der Waals surface area contributed by atoms with E-state index in [4.69, 9.17) is 9.47 Å². The Morgan fingerprint density at radius 2 is 1.75 bits per heavy atom. The minimum atomic E-state index is -1.97. The van der Waals surface area contributed by atoms with Gasteiger partial charge in [-0.15, -0.1) is 0 Å². The Morgan fingerprint density at radius 3 is 2.35 bits per heavy atom. The highest BCUT2D eigenvalue weighted by molar-refractivity contribution is 5.98. The van der Waals surface area contributed by atoms with Crippen molar-refractivity contribution in [1.29, 1.82) is 0 Å². The van der Waals surface area contributed by atoms with Crippen LogP contribution in [-0.2, 0) is 11.3 Å². The maximum Gasteiger partial charge on any atom is 0.263 e. The van der Waals surface area contributed by atoms with E-state index in [9.17, 15) is 9.18 Å². The minimum Gasteiger partial charge on any atom is -0.497 e. The predicted molar refractivity (Wildman–Crippen MR) is 73.5 cm³/mol. The number of hydrogen-bond donors (Lipinski definition) is 0. The summed E-state index contributed by atoms with van der Waals surface area (Å²) >= 11 is 0.